The fourth-order valence-electron chi connectivity index (χ4n) is 5.37. The van der Waals surface area contributed by atoms with Gasteiger partial charge in [-0.25, -0.2) is 18.7 Å². The highest BCUT2D eigenvalue weighted by atomic mass is 19.4. The minimum Gasteiger partial charge on any atom is -0.488 e. The normalized spacial score (nSPS) is 22.6. The van der Waals surface area contributed by atoms with Crippen LogP contribution in [0.15, 0.2) is 47.3 Å². The lowest BCUT2D eigenvalue weighted by atomic mass is 10.1. The third-order valence-corrected chi connectivity index (χ3v) is 7.59. The summed E-state index contributed by atoms with van der Waals surface area (Å²) in [5.74, 6) is -2.19. The summed E-state index contributed by atoms with van der Waals surface area (Å²) in [6.07, 6.45) is -9.83. The van der Waals surface area contributed by atoms with Gasteiger partial charge in [-0.3, -0.25) is 10.2 Å². The van der Waals surface area contributed by atoms with Gasteiger partial charge in [-0.1, -0.05) is 0 Å². The van der Waals surface area contributed by atoms with Gasteiger partial charge in [-0.2, -0.15) is 31.4 Å². The SMILES string of the molecule is O=C(CC[C@@H]1C[C@H](Oc2cc(F)cc(F)c2)CN1C1=NNC(O)C(C(F)(F)F)=C1)N1CCN(c2ncc(C(F)(F)F)cn2)CC1. The Balaban J connectivity index is 1.23. The van der Waals surface area contributed by atoms with Crippen LogP contribution in [0.2, 0.25) is 0 Å². The van der Waals surface area contributed by atoms with Crippen molar-refractivity contribution in [3.8, 4) is 5.75 Å². The number of rotatable bonds is 6. The topological polar surface area (TPSA) is 106 Å². The molecule has 1 unspecified atom stereocenters. The van der Waals surface area contributed by atoms with Gasteiger partial charge in [0.15, 0.2) is 6.23 Å². The first-order valence-electron chi connectivity index (χ1n) is 13.8. The Kier molecular flexibility index (Phi) is 9.04. The molecule has 18 heteroatoms. The van der Waals surface area contributed by atoms with Crippen LogP contribution in [0.4, 0.5) is 41.1 Å². The highest BCUT2D eigenvalue weighted by molar-refractivity contribution is 5.95. The zero-order valence-electron chi connectivity index (χ0n) is 23.3. The van der Waals surface area contributed by atoms with Gasteiger partial charge in [0.2, 0.25) is 11.9 Å². The molecule has 1 aromatic heterocycles. The Labute approximate surface area is 251 Å². The standard InChI is InChI=1S/C27H27F8N7O3/c28-16-7-17(29)9-19(8-16)45-20-10-18(42(14-20)22-11-21(27(33,34)35)24(44)39-38-22)1-2-23(43)40-3-5-41(6-4-40)25-36-12-15(13-37-25)26(30,31)32/h7-9,11-13,18,20,24,39,44H,1-6,10,14H2/t18-,20+,24?/m1/s1. The molecule has 3 aliphatic rings. The van der Waals surface area contributed by atoms with Gasteiger partial charge < -0.3 is 24.5 Å². The molecule has 2 saturated heterocycles. The van der Waals surface area contributed by atoms with E-state index in [1.807, 2.05) is 5.43 Å². The number of halogens is 8. The molecule has 0 spiro atoms. The lowest BCUT2D eigenvalue weighted by Gasteiger charge is -2.35. The molecule has 3 aliphatic heterocycles. The Bertz CT molecular complexity index is 1420. The average molecular weight is 650 g/mol. The lowest BCUT2D eigenvalue weighted by Crippen LogP contribution is -2.49. The van der Waals surface area contributed by atoms with E-state index in [-0.39, 0.29) is 75.4 Å². The fraction of sp³-hybridized carbons (Fsp3) is 0.481. The quantitative estimate of drug-likeness (QED) is 0.459. The fourth-order valence-corrected chi connectivity index (χ4v) is 5.37. The van der Waals surface area contributed by atoms with Gasteiger partial charge in [0, 0.05) is 75.7 Å². The summed E-state index contributed by atoms with van der Waals surface area (Å²) in [5.41, 5.74) is -0.210. The summed E-state index contributed by atoms with van der Waals surface area (Å²) in [5, 5.41) is 13.6. The number of piperazine rings is 1. The highest BCUT2D eigenvalue weighted by Gasteiger charge is 2.43. The summed E-state index contributed by atoms with van der Waals surface area (Å²) in [4.78, 5) is 25.3. The Morgan fingerprint density at radius 1 is 0.978 bits per heavy atom. The van der Waals surface area contributed by atoms with Gasteiger partial charge >= 0.3 is 12.4 Å². The van der Waals surface area contributed by atoms with Crippen LogP contribution in [0.5, 0.6) is 5.75 Å². The van der Waals surface area contributed by atoms with Crippen LogP contribution in [-0.4, -0.2) is 93.9 Å². The van der Waals surface area contributed by atoms with E-state index < -0.39 is 53.5 Å². The molecule has 0 radical (unpaired) electrons. The van der Waals surface area contributed by atoms with Crippen LogP contribution < -0.4 is 15.1 Å². The maximum absolute atomic E-state index is 13.7. The van der Waals surface area contributed by atoms with Gasteiger partial charge in [0.25, 0.3) is 0 Å². The van der Waals surface area contributed by atoms with Crippen molar-refractivity contribution in [3.63, 3.8) is 0 Å². The van der Waals surface area contributed by atoms with E-state index in [1.54, 1.807) is 9.80 Å². The van der Waals surface area contributed by atoms with E-state index in [1.165, 1.54) is 4.90 Å². The average Bonchev–Trinajstić information content (AvgIpc) is 3.37. The third kappa shape index (κ3) is 7.72. The van der Waals surface area contributed by atoms with Crippen LogP contribution in [0.25, 0.3) is 0 Å². The van der Waals surface area contributed by atoms with Gasteiger partial charge in [-0.15, -0.1) is 0 Å². The molecule has 0 aliphatic carbocycles. The van der Waals surface area contributed by atoms with E-state index in [9.17, 15) is 45.0 Å². The minimum atomic E-state index is -4.86. The van der Waals surface area contributed by atoms with Crippen molar-refractivity contribution < 1.29 is 49.8 Å². The predicted molar refractivity (Wildman–Crippen MR) is 142 cm³/mol. The largest absolute Gasteiger partial charge is 0.488 e. The van der Waals surface area contributed by atoms with Crippen molar-refractivity contribution in [2.75, 3.05) is 37.6 Å². The summed E-state index contributed by atoms with van der Waals surface area (Å²) >= 11 is 0. The van der Waals surface area contributed by atoms with Crippen molar-refractivity contribution in [2.45, 2.75) is 50.0 Å². The number of anilines is 1. The van der Waals surface area contributed by atoms with Gasteiger partial charge in [-0.05, 0) is 12.5 Å². The maximum Gasteiger partial charge on any atom is 0.419 e. The number of benzene rings is 1. The van der Waals surface area contributed by atoms with Crippen molar-refractivity contribution in [2.24, 2.45) is 5.10 Å². The summed E-state index contributed by atoms with van der Waals surface area (Å²) in [6, 6.07) is 2.03. The molecule has 1 amide bonds. The number of aliphatic hydroxyl groups excluding tert-OH is 1. The molecule has 2 fully saturated rings. The first-order valence-corrected chi connectivity index (χ1v) is 13.8. The molecule has 4 heterocycles. The molecule has 1 aromatic carbocycles. The number of amides is 1. The van der Waals surface area contributed by atoms with E-state index in [0.717, 1.165) is 12.1 Å². The van der Waals surface area contributed by atoms with E-state index >= 15 is 0 Å². The number of likely N-dealkylation sites (tertiary alicyclic amines) is 1. The first-order chi connectivity index (χ1) is 21.2. The number of hydrazone groups is 1. The monoisotopic (exact) mass is 649 g/mol. The maximum atomic E-state index is 13.7. The zero-order valence-corrected chi connectivity index (χ0v) is 23.3. The number of aromatic nitrogens is 2. The van der Waals surface area contributed by atoms with Crippen molar-refractivity contribution in [1.82, 2.24) is 25.2 Å². The number of alkyl halides is 6. The molecule has 3 atom stereocenters. The molecule has 5 rings (SSSR count). The minimum absolute atomic E-state index is 0.0154. The summed E-state index contributed by atoms with van der Waals surface area (Å²) in [7, 11) is 0. The van der Waals surface area contributed by atoms with Crippen LogP contribution in [-0.2, 0) is 11.0 Å². The van der Waals surface area contributed by atoms with Crippen LogP contribution in [0.3, 0.4) is 0 Å². The predicted octanol–water partition coefficient (Wildman–Crippen LogP) is 3.45. The van der Waals surface area contributed by atoms with E-state index in [2.05, 4.69) is 15.1 Å². The van der Waals surface area contributed by atoms with Crippen LogP contribution in [0, 0.1) is 11.6 Å². The van der Waals surface area contributed by atoms with Crippen molar-refractivity contribution in [1.29, 1.82) is 0 Å². The lowest BCUT2D eigenvalue weighted by molar-refractivity contribution is -0.138. The number of hydrogen-bond donors (Lipinski definition) is 2. The third-order valence-electron chi connectivity index (χ3n) is 7.59. The molecular weight excluding hydrogens is 622 g/mol. The Morgan fingerprint density at radius 2 is 1.62 bits per heavy atom. The number of amidine groups is 1. The second kappa shape index (κ2) is 12.6. The Morgan fingerprint density at radius 3 is 2.22 bits per heavy atom. The van der Waals surface area contributed by atoms with E-state index in [0.29, 0.717) is 24.5 Å². The number of carbonyl (C=O) groups is 1. The number of hydrogen-bond acceptors (Lipinski definition) is 9. The van der Waals surface area contributed by atoms with Gasteiger partial charge in [0.1, 0.15) is 29.3 Å². The summed E-state index contributed by atoms with van der Waals surface area (Å²) < 4.78 is 112. The number of carbonyl (C=O) groups excluding carboxylic acids is 1. The molecule has 0 bridgehead atoms. The second-order valence-electron chi connectivity index (χ2n) is 10.7. The van der Waals surface area contributed by atoms with Crippen LogP contribution in [0.1, 0.15) is 24.8 Å². The zero-order chi connectivity index (χ0) is 32.5. The number of ether oxygens (including phenoxy) is 1. The first kappa shape index (κ1) is 32.2. The molecule has 0 saturated carbocycles. The number of nitrogens with one attached hydrogen (secondary N) is 1. The highest BCUT2D eigenvalue weighted by Crippen LogP contribution is 2.33. The molecule has 2 N–H and O–H groups in total. The van der Waals surface area contributed by atoms with Crippen molar-refractivity contribution >= 4 is 17.7 Å². The number of nitrogens with zero attached hydrogens (tertiary/aromatic N) is 6. The van der Waals surface area contributed by atoms with Gasteiger partial charge in [0.05, 0.1) is 17.7 Å². The molecular formula is C27H27F8N7O3. The number of aliphatic hydroxyl groups is 1. The smallest absolute Gasteiger partial charge is 0.419 e. The molecule has 45 heavy (non-hydrogen) atoms. The van der Waals surface area contributed by atoms with Crippen molar-refractivity contribution in [3.05, 3.63) is 59.4 Å². The van der Waals surface area contributed by atoms with Crippen LogP contribution >= 0.6 is 0 Å². The Hall–Kier alpha value is -4.22. The molecule has 10 nitrogen and oxygen atoms in total. The summed E-state index contributed by atoms with van der Waals surface area (Å²) in [6.45, 7) is 0.980. The van der Waals surface area contributed by atoms with E-state index in [4.69, 9.17) is 4.74 Å². The second-order valence-corrected chi connectivity index (χ2v) is 10.7. The molecule has 2 aromatic rings. The molecule has 244 valence electrons.